The fraction of sp³-hybridized carbons (Fsp3) is 0.308. The lowest BCUT2D eigenvalue weighted by Gasteiger charge is -2.08. The van der Waals surface area contributed by atoms with E-state index in [2.05, 4.69) is 16.0 Å². The van der Waals surface area contributed by atoms with Gasteiger partial charge in [0.15, 0.2) is 5.78 Å². The van der Waals surface area contributed by atoms with Crippen molar-refractivity contribution in [1.29, 1.82) is 0 Å². The number of hydrogen-bond donors (Lipinski definition) is 0. The van der Waals surface area contributed by atoms with Crippen molar-refractivity contribution < 1.29 is 4.79 Å². The van der Waals surface area contributed by atoms with E-state index in [1.54, 1.807) is 11.7 Å². The zero-order valence-corrected chi connectivity index (χ0v) is 10.3. The molecule has 17 heavy (non-hydrogen) atoms. The van der Waals surface area contributed by atoms with Gasteiger partial charge in [0, 0.05) is 6.20 Å². The summed E-state index contributed by atoms with van der Waals surface area (Å²) < 4.78 is 0. The Hall–Kier alpha value is -1.55. The number of carbonyl (C=O) groups excluding carboxylic acids is 1. The summed E-state index contributed by atoms with van der Waals surface area (Å²) in [5.74, 6) is 0.118. The van der Waals surface area contributed by atoms with Gasteiger partial charge >= 0.3 is 0 Å². The number of nitrogens with zero attached hydrogens (tertiary/aromatic N) is 2. The fourth-order valence-electron chi connectivity index (χ4n) is 2.36. The van der Waals surface area contributed by atoms with E-state index in [1.807, 2.05) is 13.0 Å². The molecule has 86 valence electrons. The van der Waals surface area contributed by atoms with Gasteiger partial charge in [-0.2, -0.15) is 0 Å². The summed E-state index contributed by atoms with van der Waals surface area (Å²) in [7, 11) is 0. The van der Waals surface area contributed by atoms with Gasteiger partial charge in [-0.15, -0.1) is 11.3 Å². The van der Waals surface area contributed by atoms with E-state index in [0.29, 0.717) is 0 Å². The van der Waals surface area contributed by atoms with Crippen LogP contribution >= 0.6 is 11.3 Å². The molecule has 0 amide bonds. The van der Waals surface area contributed by atoms with Crippen molar-refractivity contribution in [2.75, 3.05) is 0 Å². The highest BCUT2D eigenvalue weighted by molar-refractivity contribution is 7.12. The first-order chi connectivity index (χ1) is 8.27. The first kappa shape index (κ1) is 10.6. The molecule has 0 saturated heterocycles. The summed E-state index contributed by atoms with van der Waals surface area (Å²) in [4.78, 5) is 21.7. The van der Waals surface area contributed by atoms with Crippen LogP contribution in [-0.4, -0.2) is 15.8 Å². The lowest BCUT2D eigenvalue weighted by Crippen LogP contribution is -2.11. The number of carbonyl (C=O) groups is 1. The van der Waals surface area contributed by atoms with Crippen LogP contribution in [0.2, 0.25) is 0 Å². The predicted molar refractivity (Wildman–Crippen MR) is 66.5 cm³/mol. The molecule has 2 aromatic rings. The van der Waals surface area contributed by atoms with E-state index in [1.165, 1.54) is 16.9 Å². The largest absolute Gasteiger partial charge is 0.292 e. The van der Waals surface area contributed by atoms with Crippen LogP contribution in [0, 0.1) is 6.92 Å². The third kappa shape index (κ3) is 1.69. The molecule has 1 atom stereocenters. The molecule has 1 unspecified atom stereocenters. The van der Waals surface area contributed by atoms with Crippen molar-refractivity contribution in [3.05, 3.63) is 45.7 Å². The quantitative estimate of drug-likeness (QED) is 0.763. The maximum Gasteiger partial charge on any atom is 0.183 e. The standard InChI is InChI=1S/C13H12N2OS/c1-8-13(17-7-15-8)12(16)10-5-4-9-3-2-6-14-11(9)10/h2-3,6-7,10H,4-5H2,1H3. The number of hydrogen-bond acceptors (Lipinski definition) is 4. The van der Waals surface area contributed by atoms with E-state index in [4.69, 9.17) is 0 Å². The lowest BCUT2D eigenvalue weighted by molar-refractivity contribution is 0.0961. The van der Waals surface area contributed by atoms with E-state index in [9.17, 15) is 4.79 Å². The number of thiazole rings is 1. The molecular weight excluding hydrogens is 232 g/mol. The average molecular weight is 244 g/mol. The first-order valence-electron chi connectivity index (χ1n) is 5.65. The van der Waals surface area contributed by atoms with Crippen molar-refractivity contribution in [2.24, 2.45) is 0 Å². The van der Waals surface area contributed by atoms with Crippen molar-refractivity contribution in [3.8, 4) is 0 Å². The number of rotatable bonds is 2. The highest BCUT2D eigenvalue weighted by atomic mass is 32.1. The molecular formula is C13H12N2OS. The lowest BCUT2D eigenvalue weighted by atomic mass is 9.99. The van der Waals surface area contributed by atoms with Crippen molar-refractivity contribution in [1.82, 2.24) is 9.97 Å². The van der Waals surface area contributed by atoms with Gasteiger partial charge in [0.2, 0.25) is 0 Å². The summed E-state index contributed by atoms with van der Waals surface area (Å²) in [5.41, 5.74) is 4.75. The SMILES string of the molecule is Cc1ncsc1C(=O)C1CCc2cccnc21. The Morgan fingerprint density at radius 1 is 1.47 bits per heavy atom. The second-order valence-corrected chi connectivity index (χ2v) is 5.12. The third-order valence-corrected chi connectivity index (χ3v) is 4.19. The van der Waals surface area contributed by atoms with Crippen LogP contribution in [0.1, 0.15) is 39.0 Å². The smallest absolute Gasteiger partial charge is 0.183 e. The number of Topliss-reactive ketones (excluding diaryl/α,β-unsaturated/α-hetero) is 1. The molecule has 0 radical (unpaired) electrons. The van der Waals surface area contributed by atoms with Crippen molar-refractivity contribution >= 4 is 17.1 Å². The fourth-order valence-corrected chi connectivity index (χ4v) is 3.16. The second-order valence-electron chi connectivity index (χ2n) is 4.27. The Balaban J connectivity index is 1.98. The Morgan fingerprint density at radius 2 is 2.35 bits per heavy atom. The molecule has 4 heteroatoms. The summed E-state index contributed by atoms with van der Waals surface area (Å²) in [6.07, 6.45) is 3.60. The Kier molecular flexibility index (Phi) is 2.52. The molecule has 0 spiro atoms. The van der Waals surface area contributed by atoms with Crippen molar-refractivity contribution in [3.63, 3.8) is 0 Å². The molecule has 0 aromatic carbocycles. The second kappa shape index (κ2) is 4.04. The van der Waals surface area contributed by atoms with Crippen LogP contribution in [0.4, 0.5) is 0 Å². The molecule has 3 rings (SSSR count). The van der Waals surface area contributed by atoms with Gasteiger partial charge in [0.05, 0.1) is 27.7 Å². The molecule has 0 bridgehead atoms. The zero-order chi connectivity index (χ0) is 11.8. The van der Waals surface area contributed by atoms with Gasteiger partial charge < -0.3 is 0 Å². The van der Waals surface area contributed by atoms with Gasteiger partial charge in [-0.1, -0.05) is 6.07 Å². The van der Waals surface area contributed by atoms with Crippen LogP contribution in [0.5, 0.6) is 0 Å². The third-order valence-electron chi connectivity index (χ3n) is 3.24. The van der Waals surface area contributed by atoms with Crippen molar-refractivity contribution in [2.45, 2.75) is 25.7 Å². The van der Waals surface area contributed by atoms with Crippen LogP contribution in [0.15, 0.2) is 23.8 Å². The normalized spacial score (nSPS) is 18.1. The first-order valence-corrected chi connectivity index (χ1v) is 6.53. The molecule has 0 saturated carbocycles. The van der Waals surface area contributed by atoms with E-state index < -0.39 is 0 Å². The van der Waals surface area contributed by atoms with Crippen LogP contribution < -0.4 is 0 Å². The summed E-state index contributed by atoms with van der Waals surface area (Å²) in [6.45, 7) is 1.89. The molecule has 0 fully saturated rings. The van der Waals surface area contributed by atoms with Gasteiger partial charge in [-0.05, 0) is 31.4 Å². The predicted octanol–water partition coefficient (Wildman–Crippen LogP) is 2.76. The molecule has 2 heterocycles. The summed E-state index contributed by atoms with van der Waals surface area (Å²) in [6, 6.07) is 4.00. The number of aryl methyl sites for hydroxylation is 2. The van der Waals surface area contributed by atoms with Gasteiger partial charge in [0.25, 0.3) is 0 Å². The maximum atomic E-state index is 12.4. The van der Waals surface area contributed by atoms with E-state index >= 15 is 0 Å². The van der Waals surface area contributed by atoms with Gasteiger partial charge in [0.1, 0.15) is 0 Å². The number of pyridine rings is 1. The number of aromatic nitrogens is 2. The Labute approximate surface area is 104 Å². The molecule has 2 aromatic heterocycles. The topological polar surface area (TPSA) is 42.9 Å². The average Bonchev–Trinajstić information content (AvgIpc) is 2.94. The molecule has 1 aliphatic rings. The van der Waals surface area contributed by atoms with Crippen LogP contribution in [-0.2, 0) is 6.42 Å². The minimum absolute atomic E-state index is 0.0645. The summed E-state index contributed by atoms with van der Waals surface area (Å²) >= 11 is 1.43. The molecule has 3 nitrogen and oxygen atoms in total. The molecule has 0 aliphatic heterocycles. The van der Waals surface area contributed by atoms with Crippen LogP contribution in [0.25, 0.3) is 0 Å². The van der Waals surface area contributed by atoms with Gasteiger partial charge in [-0.3, -0.25) is 9.78 Å². The Bertz CT molecular complexity index is 576. The van der Waals surface area contributed by atoms with Crippen LogP contribution in [0.3, 0.4) is 0 Å². The highest BCUT2D eigenvalue weighted by Gasteiger charge is 2.31. The zero-order valence-electron chi connectivity index (χ0n) is 9.51. The van der Waals surface area contributed by atoms with Gasteiger partial charge in [-0.25, -0.2) is 4.98 Å². The maximum absolute atomic E-state index is 12.4. The number of ketones is 1. The molecule has 1 aliphatic carbocycles. The minimum atomic E-state index is -0.0645. The monoisotopic (exact) mass is 244 g/mol. The summed E-state index contributed by atoms with van der Waals surface area (Å²) in [5, 5.41) is 0. The number of fused-ring (bicyclic) bond motifs is 1. The highest BCUT2D eigenvalue weighted by Crippen LogP contribution is 2.35. The minimum Gasteiger partial charge on any atom is -0.292 e. The molecule has 0 N–H and O–H groups in total. The van der Waals surface area contributed by atoms with E-state index in [0.717, 1.165) is 29.1 Å². The Morgan fingerprint density at radius 3 is 3.12 bits per heavy atom. The van der Waals surface area contributed by atoms with E-state index in [-0.39, 0.29) is 11.7 Å².